The molecule has 0 aliphatic heterocycles. The summed E-state index contributed by atoms with van der Waals surface area (Å²) in [5.74, 6) is 0.995. The van der Waals surface area contributed by atoms with Crippen LogP contribution in [0.5, 0.6) is 5.75 Å². The van der Waals surface area contributed by atoms with Crippen LogP contribution in [0.2, 0.25) is 0 Å². The molecule has 166 valence electrons. The van der Waals surface area contributed by atoms with Gasteiger partial charge in [0.1, 0.15) is 5.75 Å². The maximum Gasteiger partial charge on any atom is 0.188 e. The second-order valence-corrected chi connectivity index (χ2v) is 10.3. The number of ether oxygens (including phenoxy) is 2. The lowest BCUT2D eigenvalue weighted by molar-refractivity contribution is 0.0494. The number of hydrogen-bond donors (Lipinski definition) is 1. The predicted molar refractivity (Wildman–Crippen MR) is 132 cm³/mol. The van der Waals surface area contributed by atoms with Crippen LogP contribution < -0.4 is 15.4 Å². The Hall–Kier alpha value is -1.41. The molecule has 0 saturated heterocycles. The number of methoxy groups -OCH3 is 1. The van der Waals surface area contributed by atoms with Crippen molar-refractivity contribution in [2.45, 2.75) is 79.1 Å². The predicted octanol–water partition coefficient (Wildman–Crippen LogP) is 6.11. The SMILES string of the molecule is CCC(CC)(Pc1c(C)cccc1CNC(C)C)c1cc(C)cc(C)c1OCOC. The molecule has 0 aliphatic rings. The van der Waals surface area contributed by atoms with Gasteiger partial charge in [-0.15, -0.1) is 0 Å². The molecule has 0 fully saturated rings. The van der Waals surface area contributed by atoms with E-state index in [2.05, 4.69) is 84.1 Å². The van der Waals surface area contributed by atoms with Crippen molar-refractivity contribution in [2.75, 3.05) is 13.9 Å². The summed E-state index contributed by atoms with van der Waals surface area (Å²) in [4.78, 5) is 0. The largest absolute Gasteiger partial charge is 0.467 e. The van der Waals surface area contributed by atoms with Crippen LogP contribution in [0, 0.1) is 20.8 Å². The lowest BCUT2D eigenvalue weighted by atomic mass is 9.89. The quantitative estimate of drug-likeness (QED) is 0.345. The molecule has 30 heavy (non-hydrogen) atoms. The minimum absolute atomic E-state index is 0.0402. The van der Waals surface area contributed by atoms with E-state index in [4.69, 9.17) is 9.47 Å². The van der Waals surface area contributed by atoms with Crippen LogP contribution in [0.4, 0.5) is 0 Å². The molecular formula is C26H40NO2P. The molecule has 0 aliphatic carbocycles. The van der Waals surface area contributed by atoms with E-state index in [0.717, 1.165) is 25.1 Å². The number of hydrogen-bond acceptors (Lipinski definition) is 3. The Kier molecular flexibility index (Phi) is 9.34. The first kappa shape index (κ1) is 24.9. The Bertz CT molecular complexity index is 828. The van der Waals surface area contributed by atoms with Crippen molar-refractivity contribution in [2.24, 2.45) is 0 Å². The van der Waals surface area contributed by atoms with Crippen molar-refractivity contribution >= 4 is 13.9 Å². The number of benzene rings is 2. The molecular weight excluding hydrogens is 389 g/mol. The zero-order chi connectivity index (χ0) is 22.3. The van der Waals surface area contributed by atoms with E-state index in [-0.39, 0.29) is 11.9 Å². The highest BCUT2D eigenvalue weighted by Gasteiger charge is 2.34. The highest BCUT2D eigenvalue weighted by atomic mass is 31.1. The van der Waals surface area contributed by atoms with E-state index in [1.54, 1.807) is 7.11 Å². The van der Waals surface area contributed by atoms with Gasteiger partial charge in [0.2, 0.25) is 0 Å². The molecule has 0 radical (unpaired) electrons. The molecule has 0 heterocycles. The summed E-state index contributed by atoms with van der Waals surface area (Å²) in [5, 5.41) is 5.14. The molecule has 0 saturated carbocycles. The van der Waals surface area contributed by atoms with Crippen LogP contribution in [0.3, 0.4) is 0 Å². The Balaban J connectivity index is 2.58. The molecule has 2 rings (SSSR count). The fourth-order valence-corrected chi connectivity index (χ4v) is 5.87. The van der Waals surface area contributed by atoms with E-state index >= 15 is 0 Å². The Morgan fingerprint density at radius 3 is 2.33 bits per heavy atom. The van der Waals surface area contributed by atoms with Gasteiger partial charge in [-0.05, 0) is 55.6 Å². The molecule has 2 aromatic rings. The summed E-state index contributed by atoms with van der Waals surface area (Å²) in [7, 11) is 2.36. The van der Waals surface area contributed by atoms with Crippen molar-refractivity contribution in [1.29, 1.82) is 0 Å². The van der Waals surface area contributed by atoms with E-state index in [0.29, 0.717) is 14.6 Å². The van der Waals surface area contributed by atoms with E-state index in [1.807, 2.05) is 0 Å². The van der Waals surface area contributed by atoms with Crippen molar-refractivity contribution < 1.29 is 9.47 Å². The molecule has 1 unspecified atom stereocenters. The van der Waals surface area contributed by atoms with Gasteiger partial charge in [-0.2, -0.15) is 0 Å². The van der Waals surface area contributed by atoms with Crippen LogP contribution in [0.25, 0.3) is 0 Å². The number of nitrogens with one attached hydrogen (secondary N) is 1. The molecule has 2 aromatic carbocycles. The maximum absolute atomic E-state index is 6.13. The normalized spacial score (nSPS) is 12.3. The summed E-state index contributed by atoms with van der Waals surface area (Å²) >= 11 is 0. The highest BCUT2D eigenvalue weighted by molar-refractivity contribution is 7.48. The summed E-state index contributed by atoms with van der Waals surface area (Å²) < 4.78 is 11.4. The monoisotopic (exact) mass is 429 g/mol. The molecule has 0 amide bonds. The fourth-order valence-electron chi connectivity index (χ4n) is 4.10. The third-order valence-corrected chi connectivity index (χ3v) is 8.31. The van der Waals surface area contributed by atoms with Gasteiger partial charge in [0.25, 0.3) is 0 Å². The van der Waals surface area contributed by atoms with Crippen molar-refractivity contribution in [1.82, 2.24) is 5.32 Å². The van der Waals surface area contributed by atoms with Gasteiger partial charge in [0.15, 0.2) is 6.79 Å². The van der Waals surface area contributed by atoms with Gasteiger partial charge in [0.05, 0.1) is 0 Å². The van der Waals surface area contributed by atoms with Gasteiger partial charge in [-0.3, -0.25) is 0 Å². The van der Waals surface area contributed by atoms with Gasteiger partial charge in [0, 0.05) is 30.4 Å². The third kappa shape index (κ3) is 5.84. The number of aryl methyl sites for hydroxylation is 3. The zero-order valence-electron chi connectivity index (χ0n) is 20.1. The summed E-state index contributed by atoms with van der Waals surface area (Å²) in [5.41, 5.74) is 6.59. The summed E-state index contributed by atoms with van der Waals surface area (Å²) in [6.45, 7) is 16.8. The van der Waals surface area contributed by atoms with Crippen LogP contribution >= 0.6 is 8.58 Å². The van der Waals surface area contributed by atoms with E-state index in [1.165, 1.54) is 33.1 Å². The van der Waals surface area contributed by atoms with Crippen molar-refractivity contribution in [3.63, 3.8) is 0 Å². The average molecular weight is 430 g/mol. The maximum atomic E-state index is 6.13. The highest BCUT2D eigenvalue weighted by Crippen LogP contribution is 2.51. The van der Waals surface area contributed by atoms with Gasteiger partial charge in [-0.1, -0.05) is 72.2 Å². The van der Waals surface area contributed by atoms with Crippen molar-refractivity contribution in [3.05, 3.63) is 58.1 Å². The molecule has 1 N–H and O–H groups in total. The van der Waals surface area contributed by atoms with Crippen LogP contribution in [0.15, 0.2) is 30.3 Å². The lowest BCUT2D eigenvalue weighted by Gasteiger charge is -2.36. The summed E-state index contributed by atoms with van der Waals surface area (Å²) in [6, 6.07) is 11.7. The zero-order valence-corrected chi connectivity index (χ0v) is 21.1. The molecule has 4 heteroatoms. The first-order chi connectivity index (χ1) is 14.3. The first-order valence-electron chi connectivity index (χ1n) is 11.1. The Morgan fingerprint density at radius 2 is 1.73 bits per heavy atom. The molecule has 0 spiro atoms. The van der Waals surface area contributed by atoms with Gasteiger partial charge in [-0.25, -0.2) is 0 Å². The minimum Gasteiger partial charge on any atom is -0.467 e. The summed E-state index contributed by atoms with van der Waals surface area (Å²) in [6.07, 6.45) is 2.14. The molecule has 3 nitrogen and oxygen atoms in total. The average Bonchev–Trinajstić information content (AvgIpc) is 2.71. The Morgan fingerprint density at radius 1 is 1.03 bits per heavy atom. The smallest absolute Gasteiger partial charge is 0.188 e. The second-order valence-electron chi connectivity index (χ2n) is 8.57. The van der Waals surface area contributed by atoms with Gasteiger partial charge < -0.3 is 14.8 Å². The molecule has 1 atom stereocenters. The minimum atomic E-state index is 0.0402. The third-order valence-electron chi connectivity index (χ3n) is 5.89. The molecule has 0 aromatic heterocycles. The van der Waals surface area contributed by atoms with E-state index < -0.39 is 0 Å². The van der Waals surface area contributed by atoms with Crippen molar-refractivity contribution in [3.8, 4) is 5.75 Å². The van der Waals surface area contributed by atoms with E-state index in [9.17, 15) is 0 Å². The number of rotatable bonds is 11. The lowest BCUT2D eigenvalue weighted by Crippen LogP contribution is -2.28. The fraction of sp³-hybridized carbons (Fsp3) is 0.538. The van der Waals surface area contributed by atoms with Crippen LogP contribution in [0.1, 0.15) is 68.4 Å². The topological polar surface area (TPSA) is 30.5 Å². The Labute approximate surface area is 185 Å². The van der Waals surface area contributed by atoms with Gasteiger partial charge >= 0.3 is 0 Å². The molecule has 0 bridgehead atoms. The second kappa shape index (κ2) is 11.3. The van der Waals surface area contributed by atoms with Crippen LogP contribution in [-0.2, 0) is 16.4 Å². The standard InChI is InChI=1S/C26H40NO2P/c1-9-26(10-2,23-15-19(5)14-21(7)24(23)29-17-28-8)30-25-20(6)12-11-13-22(25)16-27-18(3)4/h11-15,18,27,30H,9-10,16-17H2,1-8H3. The van der Waals surface area contributed by atoms with Crippen LogP contribution in [-0.4, -0.2) is 19.9 Å². The first-order valence-corrected chi connectivity index (χ1v) is 12.1.